The molecular weight excluding hydrogens is 284 g/mol. The molecule has 0 spiro atoms. The third kappa shape index (κ3) is 2.85. The summed E-state index contributed by atoms with van der Waals surface area (Å²) in [7, 11) is 0. The van der Waals surface area contributed by atoms with Gasteiger partial charge in [-0.3, -0.25) is 14.5 Å². The Labute approximate surface area is 126 Å². The number of benzene rings is 2. The number of anilines is 2. The number of hydrogen-bond donors (Lipinski definition) is 2. The van der Waals surface area contributed by atoms with E-state index in [0.717, 1.165) is 0 Å². The molecule has 0 bridgehead atoms. The molecule has 0 saturated carbocycles. The number of phenolic OH excluding ortho intramolecular Hbond substituents is 1. The van der Waals surface area contributed by atoms with Gasteiger partial charge >= 0.3 is 0 Å². The minimum atomic E-state index is -0.305. The van der Waals surface area contributed by atoms with Crippen LogP contribution in [0, 0.1) is 0 Å². The number of phenols is 1. The number of amides is 2. The lowest BCUT2D eigenvalue weighted by Gasteiger charge is -2.28. The van der Waals surface area contributed by atoms with Crippen molar-refractivity contribution in [3.63, 3.8) is 0 Å². The van der Waals surface area contributed by atoms with E-state index in [1.165, 1.54) is 17.0 Å². The highest BCUT2D eigenvalue weighted by Gasteiger charge is 2.27. The Balaban J connectivity index is 1.77. The molecule has 0 aromatic heterocycles. The highest BCUT2D eigenvalue weighted by atomic mass is 16.5. The molecule has 2 aromatic rings. The maximum Gasteiger partial charge on any atom is 0.265 e. The standard InChI is InChI=1S/C16H14N2O4/c19-12-6-7-13-14(8-12)22-10-16(21)18(13)9-15(20)17-11-4-2-1-3-5-11/h1-8,19H,9-10H2,(H,17,20). The number of fused-ring (bicyclic) bond motifs is 1. The fourth-order valence-corrected chi connectivity index (χ4v) is 2.23. The summed E-state index contributed by atoms with van der Waals surface area (Å²) in [5, 5.41) is 12.2. The average Bonchev–Trinajstić information content (AvgIpc) is 2.51. The Morgan fingerprint density at radius 3 is 2.77 bits per heavy atom. The minimum absolute atomic E-state index is 0.0433. The lowest BCUT2D eigenvalue weighted by atomic mass is 10.2. The van der Waals surface area contributed by atoms with E-state index in [-0.39, 0.29) is 30.7 Å². The van der Waals surface area contributed by atoms with Gasteiger partial charge in [0, 0.05) is 11.8 Å². The van der Waals surface area contributed by atoms with E-state index in [2.05, 4.69) is 5.32 Å². The molecule has 112 valence electrons. The summed E-state index contributed by atoms with van der Waals surface area (Å²) >= 11 is 0. The van der Waals surface area contributed by atoms with Crippen LogP contribution in [0.2, 0.25) is 0 Å². The summed E-state index contributed by atoms with van der Waals surface area (Å²) in [5.41, 5.74) is 1.14. The topological polar surface area (TPSA) is 78.9 Å². The fraction of sp³-hybridized carbons (Fsp3) is 0.125. The lowest BCUT2D eigenvalue weighted by molar-refractivity contribution is -0.123. The van der Waals surface area contributed by atoms with Crippen LogP contribution in [0.15, 0.2) is 48.5 Å². The van der Waals surface area contributed by atoms with Gasteiger partial charge in [0.15, 0.2) is 6.61 Å². The molecule has 0 unspecified atom stereocenters. The van der Waals surface area contributed by atoms with Crippen molar-refractivity contribution in [3.8, 4) is 11.5 Å². The Morgan fingerprint density at radius 2 is 2.00 bits per heavy atom. The van der Waals surface area contributed by atoms with Crippen LogP contribution in [0.5, 0.6) is 11.5 Å². The third-order valence-electron chi connectivity index (χ3n) is 3.25. The van der Waals surface area contributed by atoms with Crippen molar-refractivity contribution in [2.75, 3.05) is 23.4 Å². The summed E-state index contributed by atoms with van der Waals surface area (Å²) in [6, 6.07) is 13.4. The van der Waals surface area contributed by atoms with Gasteiger partial charge in [0.25, 0.3) is 5.91 Å². The molecule has 6 heteroatoms. The Morgan fingerprint density at radius 1 is 1.23 bits per heavy atom. The van der Waals surface area contributed by atoms with E-state index >= 15 is 0 Å². The SMILES string of the molecule is O=C(CN1C(=O)COc2cc(O)ccc21)Nc1ccccc1. The van der Waals surface area contributed by atoms with E-state index < -0.39 is 0 Å². The largest absolute Gasteiger partial charge is 0.508 e. The number of carbonyl (C=O) groups excluding carboxylic acids is 2. The molecule has 0 aliphatic carbocycles. The van der Waals surface area contributed by atoms with Crippen molar-refractivity contribution in [1.29, 1.82) is 0 Å². The molecule has 0 fully saturated rings. The molecule has 0 atom stereocenters. The second-order valence-electron chi connectivity index (χ2n) is 4.83. The Bertz CT molecular complexity index is 715. The average molecular weight is 298 g/mol. The maximum atomic E-state index is 12.1. The molecular formula is C16H14N2O4. The molecule has 1 aliphatic rings. The summed E-state index contributed by atoms with van der Waals surface area (Å²) in [4.78, 5) is 25.4. The van der Waals surface area contributed by atoms with E-state index in [0.29, 0.717) is 17.1 Å². The second-order valence-corrected chi connectivity index (χ2v) is 4.83. The monoisotopic (exact) mass is 298 g/mol. The van der Waals surface area contributed by atoms with Crippen LogP contribution in [0.1, 0.15) is 0 Å². The van der Waals surface area contributed by atoms with Crippen LogP contribution in [0.4, 0.5) is 11.4 Å². The van der Waals surface area contributed by atoms with E-state index in [4.69, 9.17) is 4.74 Å². The highest BCUT2D eigenvalue weighted by Crippen LogP contribution is 2.34. The van der Waals surface area contributed by atoms with Gasteiger partial charge in [0.2, 0.25) is 5.91 Å². The van der Waals surface area contributed by atoms with Gasteiger partial charge in [0.1, 0.15) is 18.0 Å². The van der Waals surface area contributed by atoms with Crippen LogP contribution in [0.25, 0.3) is 0 Å². The first-order valence-corrected chi connectivity index (χ1v) is 6.74. The highest BCUT2D eigenvalue weighted by molar-refractivity contribution is 6.05. The zero-order chi connectivity index (χ0) is 15.5. The molecule has 22 heavy (non-hydrogen) atoms. The summed E-state index contributed by atoms with van der Waals surface area (Å²) < 4.78 is 5.26. The fourth-order valence-electron chi connectivity index (χ4n) is 2.23. The van der Waals surface area contributed by atoms with Crippen molar-refractivity contribution >= 4 is 23.2 Å². The number of rotatable bonds is 3. The lowest BCUT2D eigenvalue weighted by Crippen LogP contribution is -2.43. The van der Waals surface area contributed by atoms with E-state index in [1.54, 1.807) is 18.2 Å². The normalized spacial score (nSPS) is 13.3. The summed E-state index contributed by atoms with van der Waals surface area (Å²) in [5.74, 6) is -0.184. The van der Waals surface area contributed by atoms with Gasteiger partial charge in [0.05, 0.1) is 5.69 Å². The van der Waals surface area contributed by atoms with Crippen molar-refractivity contribution in [1.82, 2.24) is 0 Å². The molecule has 2 N–H and O–H groups in total. The smallest absolute Gasteiger partial charge is 0.265 e. The van der Waals surface area contributed by atoms with Gasteiger partial charge in [-0.2, -0.15) is 0 Å². The molecule has 3 rings (SSSR count). The quantitative estimate of drug-likeness (QED) is 0.905. The van der Waals surface area contributed by atoms with Crippen LogP contribution >= 0.6 is 0 Å². The van der Waals surface area contributed by atoms with Crippen molar-refractivity contribution in [2.45, 2.75) is 0 Å². The van der Waals surface area contributed by atoms with Gasteiger partial charge in [-0.05, 0) is 24.3 Å². The molecule has 1 aliphatic heterocycles. The first-order chi connectivity index (χ1) is 10.6. The van der Waals surface area contributed by atoms with Crippen molar-refractivity contribution in [3.05, 3.63) is 48.5 Å². The van der Waals surface area contributed by atoms with Gasteiger partial charge < -0.3 is 15.2 Å². The third-order valence-corrected chi connectivity index (χ3v) is 3.25. The molecule has 2 amide bonds. The number of ether oxygens (including phenoxy) is 1. The number of aromatic hydroxyl groups is 1. The predicted molar refractivity (Wildman–Crippen MR) is 81.0 cm³/mol. The summed E-state index contributed by atoms with van der Waals surface area (Å²) in [6.45, 7) is -0.274. The number of nitrogens with one attached hydrogen (secondary N) is 1. The molecule has 1 heterocycles. The van der Waals surface area contributed by atoms with Gasteiger partial charge in [-0.1, -0.05) is 18.2 Å². The molecule has 0 radical (unpaired) electrons. The van der Waals surface area contributed by atoms with Gasteiger partial charge in [-0.15, -0.1) is 0 Å². The van der Waals surface area contributed by atoms with Crippen molar-refractivity contribution in [2.24, 2.45) is 0 Å². The Hall–Kier alpha value is -3.02. The van der Waals surface area contributed by atoms with Crippen LogP contribution in [-0.4, -0.2) is 30.1 Å². The number of hydrogen-bond acceptors (Lipinski definition) is 4. The van der Waals surface area contributed by atoms with Crippen LogP contribution < -0.4 is 15.0 Å². The maximum absolute atomic E-state index is 12.1. The van der Waals surface area contributed by atoms with Gasteiger partial charge in [-0.25, -0.2) is 0 Å². The predicted octanol–water partition coefficient (Wildman–Crippen LogP) is 1.76. The first-order valence-electron chi connectivity index (χ1n) is 6.74. The van der Waals surface area contributed by atoms with E-state index in [1.807, 2.05) is 18.2 Å². The molecule has 6 nitrogen and oxygen atoms in total. The number of carbonyl (C=O) groups is 2. The number of nitrogens with zero attached hydrogens (tertiary/aromatic N) is 1. The zero-order valence-electron chi connectivity index (χ0n) is 11.7. The molecule has 0 saturated heterocycles. The summed E-state index contributed by atoms with van der Waals surface area (Å²) in [6.07, 6.45) is 0. The minimum Gasteiger partial charge on any atom is -0.508 e. The zero-order valence-corrected chi connectivity index (χ0v) is 11.7. The van der Waals surface area contributed by atoms with E-state index in [9.17, 15) is 14.7 Å². The second kappa shape index (κ2) is 5.77. The van der Waals surface area contributed by atoms with Crippen LogP contribution in [0.3, 0.4) is 0 Å². The number of para-hydroxylation sites is 1. The van der Waals surface area contributed by atoms with Crippen LogP contribution in [-0.2, 0) is 9.59 Å². The molecule has 2 aromatic carbocycles. The Kier molecular flexibility index (Phi) is 3.65. The first kappa shape index (κ1) is 13.9. The van der Waals surface area contributed by atoms with Crippen molar-refractivity contribution < 1.29 is 19.4 Å².